The van der Waals surface area contributed by atoms with E-state index < -0.39 is 12.2 Å². The molecule has 1 aromatic heterocycles. The lowest BCUT2D eigenvalue weighted by atomic mass is 10.4. The van der Waals surface area contributed by atoms with Gasteiger partial charge in [0.25, 0.3) is 0 Å². The Morgan fingerprint density at radius 2 is 1.33 bits per heavy atom. The summed E-state index contributed by atoms with van der Waals surface area (Å²) >= 11 is 2.21. The van der Waals surface area contributed by atoms with Crippen molar-refractivity contribution in [1.82, 2.24) is 8.14 Å². The molecule has 8 heteroatoms. The number of aromatic nitrogens is 2. The van der Waals surface area contributed by atoms with E-state index >= 15 is 0 Å². The zero-order valence-corrected chi connectivity index (χ0v) is 11.3. The quantitative estimate of drug-likeness (QED) is 0.747. The highest BCUT2D eigenvalue weighted by atomic mass is 32.1. The fraction of sp³-hybridized carbons (Fsp3) is 0.200. The average molecular weight is 286 g/mol. The number of methoxy groups -OCH3 is 2. The van der Waals surface area contributed by atoms with Crippen molar-refractivity contribution in [3.8, 4) is 0 Å². The highest BCUT2D eigenvalue weighted by Crippen LogP contribution is 2.23. The Morgan fingerprint density at radius 3 is 1.67 bits per heavy atom. The van der Waals surface area contributed by atoms with E-state index in [0.717, 1.165) is 40.6 Å². The molecule has 2 aromatic rings. The highest BCUT2D eigenvalue weighted by Gasteiger charge is 2.16. The molecule has 0 radical (unpaired) electrons. The number of carbonyl (C=O) groups is 2. The molecule has 0 bridgehead atoms. The maximum atomic E-state index is 11.6. The summed E-state index contributed by atoms with van der Waals surface area (Å²) in [5.41, 5.74) is 0. The summed E-state index contributed by atoms with van der Waals surface area (Å²) in [5.74, 6) is 0. The third-order valence-corrected chi connectivity index (χ3v) is 4.35. The Morgan fingerprint density at radius 1 is 0.944 bits per heavy atom. The van der Waals surface area contributed by atoms with Gasteiger partial charge in [-0.1, -0.05) is 12.1 Å². The van der Waals surface area contributed by atoms with Gasteiger partial charge in [-0.2, -0.15) is 0 Å². The lowest BCUT2D eigenvalue weighted by molar-refractivity contribution is 0.154. The van der Waals surface area contributed by atoms with Crippen molar-refractivity contribution in [2.75, 3.05) is 14.2 Å². The summed E-state index contributed by atoms with van der Waals surface area (Å²) in [5, 5.41) is 0. The minimum Gasteiger partial charge on any atom is -0.451 e. The summed E-state index contributed by atoms with van der Waals surface area (Å²) in [7, 11) is 2.51. The van der Waals surface area contributed by atoms with E-state index in [1.54, 1.807) is 0 Å². The van der Waals surface area contributed by atoms with Gasteiger partial charge >= 0.3 is 12.2 Å². The monoisotopic (exact) mass is 286 g/mol. The molecule has 6 nitrogen and oxygen atoms in total. The number of hydrogen-bond donors (Lipinski definition) is 0. The number of fused-ring (bicyclic) bond motifs is 1. The molecule has 0 saturated carbocycles. The van der Waals surface area contributed by atoms with Crippen LogP contribution in [-0.4, -0.2) is 34.5 Å². The fourth-order valence-electron chi connectivity index (χ4n) is 1.24. The van der Waals surface area contributed by atoms with Gasteiger partial charge in [-0.3, -0.25) is 0 Å². The van der Waals surface area contributed by atoms with E-state index in [9.17, 15) is 9.59 Å². The highest BCUT2D eigenvalue weighted by molar-refractivity contribution is 7.23. The number of ether oxygens (including phenoxy) is 2. The van der Waals surface area contributed by atoms with E-state index in [0.29, 0.717) is 0 Å². The molecule has 0 amide bonds. The molecule has 0 fully saturated rings. The van der Waals surface area contributed by atoms with E-state index in [4.69, 9.17) is 0 Å². The number of rotatable bonds is 0. The van der Waals surface area contributed by atoms with E-state index in [2.05, 4.69) is 9.47 Å². The van der Waals surface area contributed by atoms with Crippen LogP contribution < -0.4 is 0 Å². The summed E-state index contributed by atoms with van der Waals surface area (Å²) in [6.45, 7) is 0. The van der Waals surface area contributed by atoms with Crippen LogP contribution in [0.3, 0.4) is 0 Å². The molecule has 1 heterocycles. The molecule has 0 saturated heterocycles. The maximum Gasteiger partial charge on any atom is 0.444 e. The second-order valence-electron chi connectivity index (χ2n) is 3.12. The summed E-state index contributed by atoms with van der Waals surface area (Å²) in [4.78, 5) is 23.3. The molecule has 0 N–H and O–H groups in total. The predicted molar refractivity (Wildman–Crippen MR) is 68.9 cm³/mol. The fourth-order valence-corrected chi connectivity index (χ4v) is 3.21. The molecule has 96 valence electrons. The van der Waals surface area contributed by atoms with Crippen LogP contribution in [0.15, 0.2) is 24.3 Å². The maximum absolute atomic E-state index is 11.6. The van der Waals surface area contributed by atoms with Crippen LogP contribution in [0, 0.1) is 0 Å². The molecule has 0 spiro atoms. The summed E-state index contributed by atoms with van der Waals surface area (Å²) in [6, 6.07) is 7.43. The smallest absolute Gasteiger partial charge is 0.444 e. The molecular weight excluding hydrogens is 276 g/mol. The minimum absolute atomic E-state index is 0.646. The first kappa shape index (κ1) is 12.7. The van der Waals surface area contributed by atoms with Crippen LogP contribution in [0.5, 0.6) is 0 Å². The lowest BCUT2D eigenvalue weighted by Gasteiger charge is -2.11. The first-order valence-corrected chi connectivity index (χ1v) is 6.43. The van der Waals surface area contributed by atoms with Gasteiger partial charge in [-0.25, -0.2) is 9.59 Å². The Balaban J connectivity index is 2.71. The van der Waals surface area contributed by atoms with E-state index in [1.165, 1.54) is 14.2 Å². The molecular formula is C10H10N2O4S2. The molecule has 0 aliphatic rings. The second kappa shape index (κ2) is 5.23. The van der Waals surface area contributed by atoms with Crippen molar-refractivity contribution in [2.24, 2.45) is 0 Å². The first-order valence-electron chi connectivity index (χ1n) is 4.88. The standard InChI is InChI=1S/C10H10N2O4S2/c1-15-9(13)11-12(10(14)16-2)18-8-6-4-3-5-7(8)17-11/h3-6H,1-2H3. The Bertz CT molecular complexity index is 578. The van der Waals surface area contributed by atoms with Crippen molar-refractivity contribution < 1.29 is 19.1 Å². The van der Waals surface area contributed by atoms with Crippen molar-refractivity contribution in [1.29, 1.82) is 0 Å². The summed E-state index contributed by atoms with van der Waals surface area (Å²) in [6.07, 6.45) is -1.29. The van der Waals surface area contributed by atoms with Gasteiger partial charge in [0.15, 0.2) is 0 Å². The Labute approximate surface area is 111 Å². The normalized spacial score (nSPS) is 10.1. The van der Waals surface area contributed by atoms with Crippen LogP contribution >= 0.6 is 23.1 Å². The average Bonchev–Trinajstić information content (AvgIpc) is 2.44. The Hall–Kier alpha value is -1.80. The third-order valence-electron chi connectivity index (χ3n) is 2.05. The van der Waals surface area contributed by atoms with E-state index in [-0.39, 0.29) is 0 Å². The van der Waals surface area contributed by atoms with Crippen molar-refractivity contribution in [2.45, 2.75) is 0 Å². The van der Waals surface area contributed by atoms with Crippen molar-refractivity contribution in [3.63, 3.8) is 0 Å². The SMILES string of the molecule is COC(=O)n1sc2ccccc2sn1C(=O)OC. The predicted octanol–water partition coefficient (Wildman–Crippen LogP) is 2.92. The first-order chi connectivity index (χ1) is 8.67. The van der Waals surface area contributed by atoms with Gasteiger partial charge in [0, 0.05) is 0 Å². The van der Waals surface area contributed by atoms with Crippen LogP contribution in [0.1, 0.15) is 0 Å². The number of nitrogens with zero attached hydrogens (tertiary/aromatic N) is 2. The van der Waals surface area contributed by atoms with Crippen molar-refractivity contribution >= 4 is 44.7 Å². The van der Waals surface area contributed by atoms with E-state index in [1.807, 2.05) is 24.3 Å². The van der Waals surface area contributed by atoms with Crippen LogP contribution in [0.2, 0.25) is 0 Å². The van der Waals surface area contributed by atoms with Gasteiger partial charge in [0.1, 0.15) is 0 Å². The number of hydrogen-bond acceptors (Lipinski definition) is 6. The molecule has 2 rings (SSSR count). The van der Waals surface area contributed by atoms with Crippen LogP contribution in [-0.2, 0) is 9.47 Å². The molecule has 0 unspecified atom stereocenters. The van der Waals surface area contributed by atoms with Gasteiger partial charge in [0.2, 0.25) is 0 Å². The molecule has 1 aromatic carbocycles. The van der Waals surface area contributed by atoms with Crippen molar-refractivity contribution in [3.05, 3.63) is 24.3 Å². The molecule has 0 aliphatic heterocycles. The summed E-state index contributed by atoms with van der Waals surface area (Å²) < 4.78 is 13.2. The second-order valence-corrected chi connectivity index (χ2v) is 5.05. The largest absolute Gasteiger partial charge is 0.451 e. The van der Waals surface area contributed by atoms with Gasteiger partial charge < -0.3 is 9.47 Å². The van der Waals surface area contributed by atoms with Gasteiger partial charge in [-0.05, 0) is 35.2 Å². The van der Waals surface area contributed by atoms with Crippen LogP contribution in [0.25, 0.3) is 9.40 Å². The number of benzene rings is 1. The molecule has 18 heavy (non-hydrogen) atoms. The molecule has 0 aliphatic carbocycles. The lowest BCUT2D eigenvalue weighted by Crippen LogP contribution is -2.25. The Kier molecular flexibility index (Phi) is 3.68. The molecule has 0 atom stereocenters. The van der Waals surface area contributed by atoms with Gasteiger partial charge in [0.05, 0.1) is 23.6 Å². The van der Waals surface area contributed by atoms with Gasteiger partial charge in [-0.15, -0.1) is 8.14 Å². The van der Waals surface area contributed by atoms with Crippen LogP contribution in [0.4, 0.5) is 9.59 Å². The zero-order valence-electron chi connectivity index (χ0n) is 9.65. The minimum atomic E-state index is -0.646. The third kappa shape index (κ3) is 2.24. The topological polar surface area (TPSA) is 62.5 Å². The zero-order chi connectivity index (χ0) is 13.1. The number of carbonyl (C=O) groups excluding carboxylic acids is 2.